The van der Waals surface area contributed by atoms with Crippen molar-refractivity contribution in [3.63, 3.8) is 0 Å². The maximum Gasteiger partial charge on any atom is 0.258 e. The molecular formula is C16H8Br2N4O2. The minimum atomic E-state index is -0.345. The molecule has 2 amide bonds. The van der Waals surface area contributed by atoms with Crippen LogP contribution >= 0.6 is 31.9 Å². The largest absolute Gasteiger partial charge is 0.319 e. The minimum absolute atomic E-state index is 0.301. The van der Waals surface area contributed by atoms with E-state index in [4.69, 9.17) is 0 Å². The maximum atomic E-state index is 12.4. The van der Waals surface area contributed by atoms with Crippen molar-refractivity contribution in [3.8, 4) is 0 Å². The van der Waals surface area contributed by atoms with Crippen LogP contribution in [0, 0.1) is 0 Å². The van der Waals surface area contributed by atoms with Gasteiger partial charge in [-0.1, -0.05) is 0 Å². The Morgan fingerprint density at radius 3 is 1.46 bits per heavy atom. The topological polar surface area (TPSA) is 84.0 Å². The molecule has 0 aliphatic carbocycles. The van der Waals surface area contributed by atoms with Gasteiger partial charge in [-0.3, -0.25) is 19.6 Å². The highest BCUT2D eigenvalue weighted by atomic mass is 79.9. The number of amides is 2. The van der Waals surface area contributed by atoms with E-state index in [2.05, 4.69) is 52.5 Å². The summed E-state index contributed by atoms with van der Waals surface area (Å²) in [6.07, 6.45) is 3.22. The third-order valence-corrected chi connectivity index (χ3v) is 4.59. The van der Waals surface area contributed by atoms with E-state index in [-0.39, 0.29) is 11.8 Å². The molecule has 2 aliphatic heterocycles. The number of nitrogens with one attached hydrogen (secondary N) is 2. The van der Waals surface area contributed by atoms with Crippen molar-refractivity contribution in [2.45, 2.75) is 0 Å². The normalized spacial score (nSPS) is 16.4. The van der Waals surface area contributed by atoms with Gasteiger partial charge in [0, 0.05) is 21.3 Å². The van der Waals surface area contributed by atoms with Crippen LogP contribution in [-0.2, 0) is 9.59 Å². The lowest BCUT2D eigenvalue weighted by Gasteiger charge is -2.06. The lowest BCUT2D eigenvalue weighted by atomic mass is 10.1. The average Bonchev–Trinajstić information content (AvgIpc) is 3.08. The van der Waals surface area contributed by atoms with Crippen molar-refractivity contribution in [2.75, 3.05) is 0 Å². The first-order valence-corrected chi connectivity index (χ1v) is 8.48. The van der Waals surface area contributed by atoms with Crippen LogP contribution in [0.25, 0.3) is 11.4 Å². The number of carbonyl (C=O) groups is 2. The Bertz CT molecular complexity index is 868. The molecule has 0 aromatic carbocycles. The Labute approximate surface area is 153 Å². The molecule has 0 bridgehead atoms. The van der Waals surface area contributed by atoms with E-state index in [1.165, 1.54) is 0 Å². The third-order valence-electron chi connectivity index (χ3n) is 3.65. The first kappa shape index (κ1) is 15.2. The van der Waals surface area contributed by atoms with Gasteiger partial charge in [0.15, 0.2) is 0 Å². The Kier molecular flexibility index (Phi) is 3.58. The predicted molar refractivity (Wildman–Crippen MR) is 94.0 cm³/mol. The summed E-state index contributed by atoms with van der Waals surface area (Å²) in [5.74, 6) is -0.689. The average molecular weight is 448 g/mol. The summed E-state index contributed by atoms with van der Waals surface area (Å²) in [5, 5.41) is 5.48. The lowest BCUT2D eigenvalue weighted by Crippen LogP contribution is -2.22. The molecule has 4 heterocycles. The molecular weight excluding hydrogens is 440 g/mol. The van der Waals surface area contributed by atoms with Gasteiger partial charge >= 0.3 is 0 Å². The minimum Gasteiger partial charge on any atom is -0.319 e. The van der Waals surface area contributed by atoms with E-state index in [1.54, 1.807) is 36.7 Å². The molecule has 4 rings (SSSR count). The van der Waals surface area contributed by atoms with E-state index in [0.717, 1.165) is 8.95 Å². The molecule has 0 spiro atoms. The summed E-state index contributed by atoms with van der Waals surface area (Å²) >= 11 is 6.63. The van der Waals surface area contributed by atoms with Crippen molar-refractivity contribution >= 4 is 55.1 Å². The Balaban J connectivity index is 1.88. The van der Waals surface area contributed by atoms with Gasteiger partial charge in [0.05, 0.1) is 33.9 Å². The standard InChI is InChI=1S/C16H8Br2N4O2/c17-7-1-3-9(19-5-7)13-11-12(16(24)21-13)14(22-15(11)23)10-4-2-8(18)6-20-10/h1-6H,(H,21,24)(H,22,23). The second-order valence-corrected chi connectivity index (χ2v) is 6.96. The summed E-state index contributed by atoms with van der Waals surface area (Å²) < 4.78 is 1.63. The summed E-state index contributed by atoms with van der Waals surface area (Å²) in [6.45, 7) is 0. The monoisotopic (exact) mass is 446 g/mol. The zero-order valence-electron chi connectivity index (χ0n) is 11.9. The first-order valence-electron chi connectivity index (χ1n) is 6.90. The zero-order valence-corrected chi connectivity index (χ0v) is 15.1. The van der Waals surface area contributed by atoms with Crippen molar-refractivity contribution < 1.29 is 9.59 Å². The number of hydrogen-bond acceptors (Lipinski definition) is 4. The van der Waals surface area contributed by atoms with Gasteiger partial charge < -0.3 is 10.6 Å². The fourth-order valence-electron chi connectivity index (χ4n) is 2.61. The van der Waals surface area contributed by atoms with Crippen LogP contribution in [0.1, 0.15) is 11.4 Å². The van der Waals surface area contributed by atoms with E-state index < -0.39 is 0 Å². The van der Waals surface area contributed by atoms with Crippen LogP contribution in [0.5, 0.6) is 0 Å². The smallest absolute Gasteiger partial charge is 0.258 e. The molecule has 2 N–H and O–H groups in total. The summed E-state index contributed by atoms with van der Waals surface area (Å²) in [5.41, 5.74) is 2.47. The second-order valence-electron chi connectivity index (χ2n) is 5.13. The van der Waals surface area contributed by atoms with E-state index in [0.29, 0.717) is 33.9 Å². The highest BCUT2D eigenvalue weighted by Gasteiger charge is 2.41. The molecule has 0 atom stereocenters. The molecule has 118 valence electrons. The van der Waals surface area contributed by atoms with Crippen molar-refractivity contribution in [1.82, 2.24) is 20.6 Å². The quantitative estimate of drug-likeness (QED) is 0.740. The fraction of sp³-hybridized carbons (Fsp3) is 0. The molecule has 0 saturated heterocycles. The Hall–Kier alpha value is -2.32. The third kappa shape index (κ3) is 2.38. The number of nitrogens with zero attached hydrogens (tertiary/aromatic N) is 2. The van der Waals surface area contributed by atoms with Gasteiger partial charge in [0.1, 0.15) is 0 Å². The van der Waals surface area contributed by atoms with Crippen molar-refractivity contribution in [1.29, 1.82) is 0 Å². The highest BCUT2D eigenvalue weighted by Crippen LogP contribution is 2.36. The van der Waals surface area contributed by atoms with Gasteiger partial charge in [-0.2, -0.15) is 0 Å². The summed E-state index contributed by atoms with van der Waals surface area (Å²) in [7, 11) is 0. The van der Waals surface area contributed by atoms with Crippen LogP contribution < -0.4 is 10.6 Å². The van der Waals surface area contributed by atoms with E-state index in [1.807, 2.05) is 0 Å². The number of carbonyl (C=O) groups excluding carboxylic acids is 2. The van der Waals surface area contributed by atoms with Crippen LogP contribution in [0.3, 0.4) is 0 Å². The number of aromatic nitrogens is 2. The fourth-order valence-corrected chi connectivity index (χ4v) is 3.08. The number of fused-ring (bicyclic) bond motifs is 1. The van der Waals surface area contributed by atoms with Crippen LogP contribution in [0.4, 0.5) is 0 Å². The first-order chi connectivity index (χ1) is 11.5. The predicted octanol–water partition coefficient (Wildman–Crippen LogP) is 2.38. The molecule has 8 heteroatoms. The van der Waals surface area contributed by atoms with Gasteiger partial charge in [-0.25, -0.2) is 0 Å². The molecule has 2 aromatic rings. The molecule has 2 aromatic heterocycles. The summed E-state index contributed by atoms with van der Waals surface area (Å²) in [4.78, 5) is 33.4. The molecule has 2 aliphatic rings. The second kappa shape index (κ2) is 5.64. The number of rotatable bonds is 2. The van der Waals surface area contributed by atoms with Gasteiger partial charge in [-0.05, 0) is 56.1 Å². The summed E-state index contributed by atoms with van der Waals surface area (Å²) in [6, 6.07) is 7.07. The number of pyridine rings is 2. The van der Waals surface area contributed by atoms with Gasteiger partial charge in [0.25, 0.3) is 11.8 Å². The molecule has 0 saturated carbocycles. The van der Waals surface area contributed by atoms with E-state index >= 15 is 0 Å². The number of halogens is 2. The zero-order chi connectivity index (χ0) is 16.8. The molecule has 24 heavy (non-hydrogen) atoms. The number of hydrogen-bond donors (Lipinski definition) is 2. The Morgan fingerprint density at radius 1 is 0.708 bits per heavy atom. The molecule has 0 fully saturated rings. The van der Waals surface area contributed by atoms with Crippen molar-refractivity contribution in [2.24, 2.45) is 0 Å². The highest BCUT2D eigenvalue weighted by molar-refractivity contribution is 9.10. The van der Waals surface area contributed by atoms with Gasteiger partial charge in [0.2, 0.25) is 0 Å². The van der Waals surface area contributed by atoms with Crippen LogP contribution in [-0.4, -0.2) is 21.8 Å². The maximum absolute atomic E-state index is 12.4. The molecule has 6 nitrogen and oxygen atoms in total. The SMILES string of the molecule is O=C1NC(c2ccc(Br)cn2)=C2C(=O)NC(c3ccc(Br)cn3)=C12. The lowest BCUT2D eigenvalue weighted by molar-refractivity contribution is -0.117. The van der Waals surface area contributed by atoms with E-state index in [9.17, 15) is 9.59 Å². The Morgan fingerprint density at radius 2 is 1.12 bits per heavy atom. The van der Waals surface area contributed by atoms with Crippen molar-refractivity contribution in [3.05, 3.63) is 68.1 Å². The van der Waals surface area contributed by atoms with Gasteiger partial charge in [-0.15, -0.1) is 0 Å². The van der Waals surface area contributed by atoms with Crippen LogP contribution in [0.2, 0.25) is 0 Å². The van der Waals surface area contributed by atoms with Crippen LogP contribution in [0.15, 0.2) is 56.8 Å². The molecule has 0 radical (unpaired) electrons. The molecule has 0 unspecified atom stereocenters.